The summed E-state index contributed by atoms with van der Waals surface area (Å²) in [6.07, 6.45) is 0.341. The van der Waals surface area contributed by atoms with Crippen LogP contribution in [0.25, 0.3) is 0 Å². The molecule has 0 aliphatic rings. The van der Waals surface area contributed by atoms with E-state index in [2.05, 4.69) is 10.1 Å². The van der Waals surface area contributed by atoms with E-state index < -0.39 is 10.0 Å². The number of aromatic nitrogens is 2. The third kappa shape index (κ3) is 5.06. The van der Waals surface area contributed by atoms with Gasteiger partial charge in [-0.2, -0.15) is 4.98 Å². The average Bonchev–Trinajstić information content (AvgIpc) is 3.15. The van der Waals surface area contributed by atoms with Crippen molar-refractivity contribution < 1.29 is 17.7 Å². The van der Waals surface area contributed by atoms with Gasteiger partial charge in [0.2, 0.25) is 10.0 Å². The van der Waals surface area contributed by atoms with Crippen molar-refractivity contribution in [1.29, 1.82) is 0 Å². The highest BCUT2D eigenvalue weighted by atomic mass is 32.2. The average molecular weight is 430 g/mol. The molecule has 7 nitrogen and oxygen atoms in total. The molecular weight excluding hydrogens is 402 g/mol. The van der Waals surface area contributed by atoms with Gasteiger partial charge in [-0.1, -0.05) is 23.4 Å². The number of likely N-dealkylation sites (N-methyl/N-ethyl adjacent to an activating group) is 1. The van der Waals surface area contributed by atoms with Gasteiger partial charge in [0.15, 0.2) is 12.4 Å². The summed E-state index contributed by atoms with van der Waals surface area (Å²) in [5.74, 6) is 1.52. The van der Waals surface area contributed by atoms with Crippen molar-refractivity contribution in [2.45, 2.75) is 45.6 Å². The molecule has 0 aliphatic heterocycles. The predicted molar refractivity (Wildman–Crippen MR) is 114 cm³/mol. The Morgan fingerprint density at radius 2 is 1.77 bits per heavy atom. The van der Waals surface area contributed by atoms with Gasteiger partial charge in [-0.15, -0.1) is 0 Å². The van der Waals surface area contributed by atoms with Gasteiger partial charge >= 0.3 is 0 Å². The normalized spacial score (nSPS) is 11.8. The summed E-state index contributed by atoms with van der Waals surface area (Å²) in [7, 11) is -2.04. The van der Waals surface area contributed by atoms with Crippen molar-refractivity contribution in [1.82, 2.24) is 14.4 Å². The molecule has 30 heavy (non-hydrogen) atoms. The molecule has 8 heteroatoms. The summed E-state index contributed by atoms with van der Waals surface area (Å²) < 4.78 is 38.1. The zero-order chi connectivity index (χ0) is 21.9. The number of hydrogen-bond donors (Lipinski definition) is 0. The van der Waals surface area contributed by atoms with E-state index in [1.807, 2.05) is 58.0 Å². The Morgan fingerprint density at radius 3 is 2.50 bits per heavy atom. The number of sulfonamides is 1. The minimum Gasteiger partial charge on any atom is -0.484 e. The Hall–Kier alpha value is -2.71. The summed E-state index contributed by atoms with van der Waals surface area (Å²) in [4.78, 5) is 4.62. The first-order valence-electron chi connectivity index (χ1n) is 9.72. The molecule has 3 aromatic rings. The van der Waals surface area contributed by atoms with Crippen LogP contribution in [0.4, 0.5) is 0 Å². The maximum Gasteiger partial charge on any atom is 0.264 e. The van der Waals surface area contributed by atoms with Crippen LogP contribution in [0.3, 0.4) is 0 Å². The van der Waals surface area contributed by atoms with Gasteiger partial charge in [-0.25, -0.2) is 12.7 Å². The molecule has 0 N–H and O–H groups in total. The minimum absolute atomic E-state index is 0.159. The Labute approximate surface area is 177 Å². The van der Waals surface area contributed by atoms with Crippen molar-refractivity contribution in [2.24, 2.45) is 0 Å². The molecule has 1 heterocycles. The second-order valence-electron chi connectivity index (χ2n) is 7.49. The Balaban J connectivity index is 1.61. The molecule has 0 spiro atoms. The van der Waals surface area contributed by atoms with E-state index in [0.29, 0.717) is 23.0 Å². The number of hydrogen-bond acceptors (Lipinski definition) is 6. The third-order valence-corrected chi connectivity index (χ3v) is 6.99. The molecule has 0 unspecified atom stereocenters. The van der Waals surface area contributed by atoms with Gasteiger partial charge in [-0.05, 0) is 68.1 Å². The van der Waals surface area contributed by atoms with E-state index in [4.69, 9.17) is 9.26 Å². The predicted octanol–water partition coefficient (Wildman–Crippen LogP) is 3.75. The summed E-state index contributed by atoms with van der Waals surface area (Å²) in [5.41, 5.74) is 3.85. The molecule has 0 amide bonds. The van der Waals surface area contributed by atoms with Crippen LogP contribution in [0.1, 0.15) is 34.0 Å². The fourth-order valence-electron chi connectivity index (χ4n) is 3.06. The summed E-state index contributed by atoms with van der Waals surface area (Å²) in [6.45, 7) is 8.08. The number of benzene rings is 2. The van der Waals surface area contributed by atoms with E-state index in [-0.39, 0.29) is 13.2 Å². The van der Waals surface area contributed by atoms with Crippen LogP contribution in [-0.2, 0) is 23.1 Å². The standard InChI is InChI=1S/C22H27N3O4S/c1-15-7-6-8-19(11-15)28-14-22-23-21(24-29-22)9-10-25(5)30(26,27)20-13-17(3)16(2)12-18(20)4/h6-8,11-13H,9-10,14H2,1-5H3. The maximum atomic E-state index is 13.0. The van der Waals surface area contributed by atoms with E-state index in [1.54, 1.807) is 13.1 Å². The van der Waals surface area contributed by atoms with Crippen LogP contribution in [-0.4, -0.2) is 36.5 Å². The van der Waals surface area contributed by atoms with Gasteiger partial charge in [0, 0.05) is 20.0 Å². The second kappa shape index (κ2) is 8.97. The summed E-state index contributed by atoms with van der Waals surface area (Å²) in [5, 5.41) is 3.93. The van der Waals surface area contributed by atoms with Crippen LogP contribution in [0.2, 0.25) is 0 Å². The quantitative estimate of drug-likeness (QED) is 0.542. The van der Waals surface area contributed by atoms with Gasteiger partial charge in [-0.3, -0.25) is 0 Å². The highest BCUT2D eigenvalue weighted by Crippen LogP contribution is 2.23. The van der Waals surface area contributed by atoms with Crippen molar-refractivity contribution in [3.63, 3.8) is 0 Å². The molecule has 0 saturated carbocycles. The number of aryl methyl sites for hydroxylation is 4. The lowest BCUT2D eigenvalue weighted by molar-refractivity contribution is 0.242. The van der Waals surface area contributed by atoms with Gasteiger partial charge < -0.3 is 9.26 Å². The zero-order valence-corrected chi connectivity index (χ0v) is 18.8. The van der Waals surface area contributed by atoms with Crippen molar-refractivity contribution in [3.8, 4) is 5.75 Å². The molecule has 0 atom stereocenters. The second-order valence-corrected chi connectivity index (χ2v) is 9.50. The third-order valence-electron chi connectivity index (χ3n) is 4.99. The molecule has 0 bridgehead atoms. The molecule has 0 fully saturated rings. The number of nitrogens with zero attached hydrogens (tertiary/aromatic N) is 3. The smallest absolute Gasteiger partial charge is 0.264 e. The highest BCUT2D eigenvalue weighted by Gasteiger charge is 2.24. The topological polar surface area (TPSA) is 85.5 Å². The fraction of sp³-hybridized carbons (Fsp3) is 0.364. The van der Waals surface area contributed by atoms with Gasteiger partial charge in [0.25, 0.3) is 5.89 Å². The molecule has 0 saturated heterocycles. The maximum absolute atomic E-state index is 13.0. The largest absolute Gasteiger partial charge is 0.484 e. The van der Waals surface area contributed by atoms with Crippen LogP contribution in [0.5, 0.6) is 5.75 Å². The first kappa shape index (κ1) is 22.0. The molecule has 3 rings (SSSR count). The van der Waals surface area contributed by atoms with E-state index >= 15 is 0 Å². The highest BCUT2D eigenvalue weighted by molar-refractivity contribution is 7.89. The van der Waals surface area contributed by atoms with Crippen LogP contribution in [0.15, 0.2) is 45.8 Å². The Bertz CT molecular complexity index is 1140. The minimum atomic E-state index is -3.60. The zero-order valence-electron chi connectivity index (χ0n) is 18.0. The monoisotopic (exact) mass is 429 g/mol. The summed E-state index contributed by atoms with van der Waals surface area (Å²) in [6, 6.07) is 11.3. The lowest BCUT2D eigenvalue weighted by atomic mass is 10.1. The van der Waals surface area contributed by atoms with Gasteiger partial charge in [0.1, 0.15) is 5.75 Å². The molecule has 0 aliphatic carbocycles. The Kier molecular flexibility index (Phi) is 6.58. The first-order chi connectivity index (χ1) is 14.2. The van der Waals surface area contributed by atoms with Crippen LogP contribution >= 0.6 is 0 Å². The van der Waals surface area contributed by atoms with E-state index in [9.17, 15) is 8.42 Å². The lowest BCUT2D eigenvalue weighted by Crippen LogP contribution is -2.30. The number of ether oxygens (including phenoxy) is 1. The molecule has 1 aromatic heterocycles. The van der Waals surface area contributed by atoms with Crippen molar-refractivity contribution >= 4 is 10.0 Å². The lowest BCUT2D eigenvalue weighted by Gasteiger charge is -2.19. The number of rotatable bonds is 8. The fourth-order valence-corrected chi connectivity index (χ4v) is 4.52. The van der Waals surface area contributed by atoms with Crippen molar-refractivity contribution in [3.05, 3.63) is 70.4 Å². The molecule has 160 valence electrons. The summed E-state index contributed by atoms with van der Waals surface area (Å²) >= 11 is 0. The van der Waals surface area contributed by atoms with Gasteiger partial charge in [0.05, 0.1) is 4.90 Å². The molecule has 0 radical (unpaired) electrons. The SMILES string of the molecule is Cc1cccc(OCc2nc(CCN(C)S(=O)(=O)c3cc(C)c(C)cc3C)no2)c1. The van der Waals surface area contributed by atoms with Crippen LogP contribution in [0, 0.1) is 27.7 Å². The molecular formula is C22H27N3O4S. The van der Waals surface area contributed by atoms with Crippen LogP contribution < -0.4 is 4.74 Å². The van der Waals surface area contributed by atoms with E-state index in [0.717, 1.165) is 28.0 Å². The molecule has 2 aromatic carbocycles. The Morgan fingerprint density at radius 1 is 1.03 bits per heavy atom. The first-order valence-corrected chi connectivity index (χ1v) is 11.2. The van der Waals surface area contributed by atoms with Crippen molar-refractivity contribution in [2.75, 3.05) is 13.6 Å². The van der Waals surface area contributed by atoms with E-state index in [1.165, 1.54) is 4.31 Å².